The van der Waals surface area contributed by atoms with Gasteiger partial charge in [0.2, 0.25) is 11.8 Å². The molecule has 0 saturated carbocycles. The van der Waals surface area contributed by atoms with Crippen molar-refractivity contribution in [3.05, 3.63) is 28.0 Å². The first-order chi connectivity index (χ1) is 10.8. The fourth-order valence-corrected chi connectivity index (χ4v) is 3.90. The first-order valence-electron chi connectivity index (χ1n) is 7.58. The Morgan fingerprint density at radius 3 is 3.23 bits per heavy atom. The van der Waals surface area contributed by atoms with Crippen LogP contribution >= 0.6 is 11.3 Å². The zero-order chi connectivity index (χ0) is 14.9. The number of aromatic nitrogens is 2. The van der Waals surface area contributed by atoms with E-state index in [1.807, 2.05) is 11.4 Å². The molecule has 116 valence electrons. The summed E-state index contributed by atoms with van der Waals surface area (Å²) in [4.78, 5) is 19.9. The van der Waals surface area contributed by atoms with Crippen LogP contribution in [0.4, 0.5) is 5.69 Å². The van der Waals surface area contributed by atoms with E-state index in [4.69, 9.17) is 9.26 Å². The Labute approximate surface area is 132 Å². The molecule has 2 aliphatic heterocycles. The van der Waals surface area contributed by atoms with Crippen molar-refractivity contribution in [3.63, 3.8) is 0 Å². The molecule has 0 bridgehead atoms. The van der Waals surface area contributed by atoms with Crippen LogP contribution in [0.3, 0.4) is 0 Å². The van der Waals surface area contributed by atoms with E-state index < -0.39 is 0 Å². The van der Waals surface area contributed by atoms with Crippen LogP contribution in [0, 0.1) is 0 Å². The van der Waals surface area contributed by atoms with Gasteiger partial charge in [0, 0.05) is 23.8 Å². The number of anilines is 1. The number of hydrogen-bond acceptors (Lipinski definition) is 6. The number of fused-ring (bicyclic) bond motifs is 1. The smallest absolute Gasteiger partial charge is 0.246 e. The summed E-state index contributed by atoms with van der Waals surface area (Å²) in [5, 5.41) is 6.09. The van der Waals surface area contributed by atoms with Gasteiger partial charge in [-0.05, 0) is 30.7 Å². The van der Waals surface area contributed by atoms with Gasteiger partial charge in [0.05, 0.1) is 12.3 Å². The Morgan fingerprint density at radius 2 is 2.36 bits per heavy atom. The summed E-state index contributed by atoms with van der Waals surface area (Å²) in [6, 6.07) is 2.01. The molecule has 2 aliphatic rings. The van der Waals surface area contributed by atoms with Gasteiger partial charge >= 0.3 is 0 Å². The molecule has 1 amide bonds. The minimum absolute atomic E-state index is 0.126. The number of carbonyl (C=O) groups is 1. The van der Waals surface area contributed by atoms with Gasteiger partial charge in [-0.25, -0.2) is 0 Å². The van der Waals surface area contributed by atoms with Crippen LogP contribution in [0.2, 0.25) is 0 Å². The van der Waals surface area contributed by atoms with Gasteiger partial charge in [-0.2, -0.15) is 4.98 Å². The number of aryl methyl sites for hydroxylation is 1. The molecular weight excluding hydrogens is 302 g/mol. The fraction of sp³-hybridized carbons (Fsp3) is 0.533. The lowest BCUT2D eigenvalue weighted by molar-refractivity contribution is -0.118. The molecule has 2 aromatic heterocycles. The SMILES string of the molecule is O=C1CCCc2sccc2N1Cc1nc(C2CCOC2)no1. The zero-order valence-corrected chi connectivity index (χ0v) is 13.0. The highest BCUT2D eigenvalue weighted by molar-refractivity contribution is 7.10. The number of ether oxygens (including phenoxy) is 1. The maximum Gasteiger partial charge on any atom is 0.246 e. The molecule has 2 aromatic rings. The van der Waals surface area contributed by atoms with Crippen molar-refractivity contribution in [2.45, 2.75) is 38.1 Å². The van der Waals surface area contributed by atoms with E-state index in [2.05, 4.69) is 10.1 Å². The summed E-state index contributed by atoms with van der Waals surface area (Å²) in [6.07, 6.45) is 3.36. The van der Waals surface area contributed by atoms with Crippen LogP contribution in [0.1, 0.15) is 41.8 Å². The molecule has 1 saturated heterocycles. The molecule has 0 aromatic carbocycles. The summed E-state index contributed by atoms with van der Waals surface area (Å²) in [6.45, 7) is 1.75. The first kappa shape index (κ1) is 13.9. The van der Waals surface area contributed by atoms with E-state index >= 15 is 0 Å². The molecule has 0 N–H and O–H groups in total. The molecule has 7 heteroatoms. The lowest BCUT2D eigenvalue weighted by Gasteiger charge is -2.18. The number of rotatable bonds is 3. The van der Waals surface area contributed by atoms with Gasteiger partial charge < -0.3 is 14.2 Å². The predicted octanol–water partition coefficient (Wildman–Crippen LogP) is 2.50. The van der Waals surface area contributed by atoms with Gasteiger partial charge in [-0.3, -0.25) is 4.79 Å². The third kappa shape index (κ3) is 2.55. The van der Waals surface area contributed by atoms with Crippen LogP contribution in [0.15, 0.2) is 16.0 Å². The van der Waals surface area contributed by atoms with Crippen molar-refractivity contribution in [1.29, 1.82) is 0 Å². The second-order valence-electron chi connectivity index (χ2n) is 5.67. The monoisotopic (exact) mass is 319 g/mol. The van der Waals surface area contributed by atoms with Crippen molar-refractivity contribution >= 4 is 22.9 Å². The highest BCUT2D eigenvalue weighted by Crippen LogP contribution is 2.32. The highest BCUT2D eigenvalue weighted by Gasteiger charge is 2.27. The zero-order valence-electron chi connectivity index (χ0n) is 12.2. The Morgan fingerprint density at radius 1 is 1.41 bits per heavy atom. The van der Waals surface area contributed by atoms with Gasteiger partial charge in [0.15, 0.2) is 5.82 Å². The van der Waals surface area contributed by atoms with Crippen molar-refractivity contribution < 1.29 is 14.1 Å². The van der Waals surface area contributed by atoms with Gasteiger partial charge in [0.1, 0.15) is 6.54 Å². The van der Waals surface area contributed by atoms with Crippen LogP contribution in [0.25, 0.3) is 0 Å². The van der Waals surface area contributed by atoms with E-state index in [0.29, 0.717) is 31.3 Å². The Kier molecular flexibility index (Phi) is 3.67. The van der Waals surface area contributed by atoms with Gasteiger partial charge in [-0.15, -0.1) is 11.3 Å². The average molecular weight is 319 g/mol. The van der Waals surface area contributed by atoms with E-state index in [9.17, 15) is 4.79 Å². The number of hydrogen-bond donors (Lipinski definition) is 0. The van der Waals surface area contributed by atoms with Crippen molar-refractivity contribution in [2.24, 2.45) is 0 Å². The third-order valence-corrected chi connectivity index (χ3v) is 5.15. The second kappa shape index (κ2) is 5.81. The van der Waals surface area contributed by atoms with Crippen LogP contribution in [0.5, 0.6) is 0 Å². The Hall–Kier alpha value is -1.73. The number of nitrogens with zero attached hydrogens (tertiary/aromatic N) is 3. The summed E-state index contributed by atoms with van der Waals surface area (Å²) in [5.74, 6) is 1.53. The molecule has 0 aliphatic carbocycles. The number of thiophene rings is 1. The van der Waals surface area contributed by atoms with Crippen LogP contribution in [-0.4, -0.2) is 29.3 Å². The lowest BCUT2D eigenvalue weighted by atomic mass is 10.1. The topological polar surface area (TPSA) is 68.5 Å². The number of carbonyl (C=O) groups excluding carboxylic acids is 1. The normalized spacial score (nSPS) is 21.9. The molecule has 4 heterocycles. The van der Waals surface area contributed by atoms with Crippen molar-refractivity contribution in [1.82, 2.24) is 10.1 Å². The maximum atomic E-state index is 12.4. The Balaban J connectivity index is 1.56. The van der Waals surface area contributed by atoms with Crippen LogP contribution < -0.4 is 4.90 Å². The Bertz CT molecular complexity index is 675. The second-order valence-corrected chi connectivity index (χ2v) is 6.67. The van der Waals surface area contributed by atoms with E-state index in [0.717, 1.165) is 31.6 Å². The average Bonchev–Trinajstić information content (AvgIpc) is 3.24. The molecule has 4 rings (SSSR count). The molecule has 22 heavy (non-hydrogen) atoms. The molecule has 0 spiro atoms. The molecule has 1 fully saturated rings. The summed E-state index contributed by atoms with van der Waals surface area (Å²) in [7, 11) is 0. The van der Waals surface area contributed by atoms with Crippen molar-refractivity contribution in [2.75, 3.05) is 18.1 Å². The largest absolute Gasteiger partial charge is 0.381 e. The van der Waals surface area contributed by atoms with Crippen LogP contribution in [-0.2, 0) is 22.5 Å². The standard InChI is InChI=1S/C15H17N3O3S/c19-14-3-1-2-12-11(5-7-22-12)18(14)8-13-16-15(17-21-13)10-4-6-20-9-10/h5,7,10H,1-4,6,8-9H2. The summed E-state index contributed by atoms with van der Waals surface area (Å²) in [5.41, 5.74) is 0.997. The van der Waals surface area contributed by atoms with E-state index in [1.165, 1.54) is 4.88 Å². The van der Waals surface area contributed by atoms with Gasteiger partial charge in [-0.1, -0.05) is 5.16 Å². The molecule has 1 atom stereocenters. The minimum Gasteiger partial charge on any atom is -0.381 e. The third-order valence-electron chi connectivity index (χ3n) is 4.18. The predicted molar refractivity (Wildman–Crippen MR) is 80.9 cm³/mol. The molecule has 1 unspecified atom stereocenters. The van der Waals surface area contributed by atoms with Gasteiger partial charge in [0.25, 0.3) is 0 Å². The first-order valence-corrected chi connectivity index (χ1v) is 8.46. The van der Waals surface area contributed by atoms with E-state index in [-0.39, 0.29) is 11.8 Å². The minimum atomic E-state index is 0.126. The summed E-state index contributed by atoms with van der Waals surface area (Å²) < 4.78 is 10.7. The lowest BCUT2D eigenvalue weighted by Crippen LogP contribution is -2.29. The molecule has 6 nitrogen and oxygen atoms in total. The van der Waals surface area contributed by atoms with E-state index in [1.54, 1.807) is 16.2 Å². The number of amides is 1. The maximum absolute atomic E-state index is 12.4. The van der Waals surface area contributed by atoms with Crippen molar-refractivity contribution in [3.8, 4) is 0 Å². The summed E-state index contributed by atoms with van der Waals surface area (Å²) >= 11 is 1.70. The molecule has 0 radical (unpaired) electrons. The fourth-order valence-electron chi connectivity index (χ4n) is 2.98. The molecular formula is C15H17N3O3S. The highest BCUT2D eigenvalue weighted by atomic mass is 32.1. The quantitative estimate of drug-likeness (QED) is 0.869.